The van der Waals surface area contributed by atoms with Gasteiger partial charge in [-0.1, -0.05) is 24.6 Å². The molecule has 5 rings (SSSR count). The Labute approximate surface area is 199 Å². The van der Waals surface area contributed by atoms with Gasteiger partial charge in [-0.25, -0.2) is 0 Å². The van der Waals surface area contributed by atoms with Gasteiger partial charge in [0.1, 0.15) is 11.1 Å². The van der Waals surface area contributed by atoms with Crippen molar-refractivity contribution in [1.29, 1.82) is 5.26 Å². The highest BCUT2D eigenvalue weighted by atomic mass is 32.1. The van der Waals surface area contributed by atoms with Gasteiger partial charge in [-0.3, -0.25) is 14.5 Å². The van der Waals surface area contributed by atoms with Crippen LogP contribution in [0.25, 0.3) is 0 Å². The summed E-state index contributed by atoms with van der Waals surface area (Å²) in [5.74, 6) is -1.51. The number of benzene rings is 1. The number of rotatable bonds is 2. The topological polar surface area (TPSA) is 61.2 Å². The average molecular weight is 485 g/mol. The van der Waals surface area contributed by atoms with Gasteiger partial charge in [0.25, 0.3) is 0 Å². The van der Waals surface area contributed by atoms with Gasteiger partial charge >= 0.3 is 6.18 Å². The van der Waals surface area contributed by atoms with E-state index in [1.807, 2.05) is 0 Å². The van der Waals surface area contributed by atoms with Crippen molar-refractivity contribution in [1.82, 2.24) is 0 Å². The predicted molar refractivity (Wildman–Crippen MR) is 122 cm³/mol. The molecule has 0 saturated heterocycles. The van der Waals surface area contributed by atoms with Gasteiger partial charge in [-0.15, -0.1) is 11.3 Å². The molecule has 1 amide bonds. The number of nitrogens with zero attached hydrogens (tertiary/aromatic N) is 2. The molecule has 1 aromatic carbocycles. The van der Waals surface area contributed by atoms with E-state index in [0.29, 0.717) is 34.7 Å². The summed E-state index contributed by atoms with van der Waals surface area (Å²) < 4.78 is 41.4. The first kappa shape index (κ1) is 22.9. The van der Waals surface area contributed by atoms with Crippen molar-refractivity contribution in [2.45, 2.75) is 69.9 Å². The van der Waals surface area contributed by atoms with Crippen LogP contribution < -0.4 is 4.90 Å². The molecule has 1 aliphatic heterocycles. The van der Waals surface area contributed by atoms with E-state index >= 15 is 0 Å². The van der Waals surface area contributed by atoms with Gasteiger partial charge in [0.2, 0.25) is 5.91 Å². The lowest BCUT2D eigenvalue weighted by Gasteiger charge is -2.38. The van der Waals surface area contributed by atoms with E-state index < -0.39 is 17.7 Å². The van der Waals surface area contributed by atoms with Crippen molar-refractivity contribution in [3.8, 4) is 6.07 Å². The Morgan fingerprint density at radius 1 is 1.00 bits per heavy atom. The number of hydrogen-bond acceptors (Lipinski definition) is 4. The fourth-order valence-corrected chi connectivity index (χ4v) is 6.94. The summed E-state index contributed by atoms with van der Waals surface area (Å²) in [6.45, 7) is 0. The molecule has 0 saturated carbocycles. The normalized spacial score (nSPS) is 21.1. The van der Waals surface area contributed by atoms with Crippen LogP contribution in [0.1, 0.15) is 78.0 Å². The predicted octanol–water partition coefficient (Wildman–Crippen LogP) is 6.44. The molecule has 3 aliphatic rings. The summed E-state index contributed by atoms with van der Waals surface area (Å²) in [5, 5.41) is 10.5. The van der Waals surface area contributed by atoms with Gasteiger partial charge in [0.05, 0.1) is 11.1 Å². The zero-order valence-electron chi connectivity index (χ0n) is 18.5. The SMILES string of the molecule is N#Cc1c(N2C(=O)C[C@H](c3ccccc3C(F)(F)F)C3=C2CCCC3=O)sc2c1CCCCC2. The Morgan fingerprint density at radius 2 is 1.76 bits per heavy atom. The highest BCUT2D eigenvalue weighted by Gasteiger charge is 2.44. The van der Waals surface area contributed by atoms with Crippen molar-refractivity contribution in [2.24, 2.45) is 0 Å². The molecule has 0 unspecified atom stereocenters. The van der Waals surface area contributed by atoms with Crippen LogP contribution in [-0.2, 0) is 28.6 Å². The number of amides is 1. The van der Waals surface area contributed by atoms with Gasteiger partial charge in [0, 0.05) is 34.9 Å². The average Bonchev–Trinajstić information content (AvgIpc) is 2.98. The fourth-order valence-electron chi connectivity index (χ4n) is 5.55. The number of alkyl halides is 3. The van der Waals surface area contributed by atoms with Gasteiger partial charge in [0.15, 0.2) is 5.78 Å². The molecule has 2 heterocycles. The van der Waals surface area contributed by atoms with E-state index in [1.165, 1.54) is 34.4 Å². The molecular formula is C26H23F3N2O2S. The summed E-state index contributed by atoms with van der Waals surface area (Å²) in [6.07, 6.45) is 1.11. The van der Waals surface area contributed by atoms with Crippen molar-refractivity contribution in [2.75, 3.05) is 4.90 Å². The molecule has 0 spiro atoms. The van der Waals surface area contributed by atoms with Crippen LogP contribution in [0.3, 0.4) is 0 Å². The third-order valence-electron chi connectivity index (χ3n) is 7.03. The van der Waals surface area contributed by atoms with E-state index in [4.69, 9.17) is 0 Å². The Kier molecular flexibility index (Phi) is 5.85. The lowest BCUT2D eigenvalue weighted by molar-refractivity contribution is -0.138. The highest BCUT2D eigenvalue weighted by molar-refractivity contribution is 7.16. The van der Waals surface area contributed by atoms with Gasteiger partial charge < -0.3 is 0 Å². The highest BCUT2D eigenvalue weighted by Crippen LogP contribution is 2.49. The van der Waals surface area contributed by atoms with Crippen LogP contribution in [0.2, 0.25) is 0 Å². The minimum atomic E-state index is -4.59. The summed E-state index contributed by atoms with van der Waals surface area (Å²) in [5.41, 5.74) is 1.40. The first-order valence-electron chi connectivity index (χ1n) is 11.6. The Balaban J connectivity index is 1.69. The third kappa shape index (κ3) is 3.76. The number of fused-ring (bicyclic) bond motifs is 1. The molecule has 8 heteroatoms. The van der Waals surface area contributed by atoms with E-state index in [9.17, 15) is 28.0 Å². The van der Waals surface area contributed by atoms with E-state index in [-0.39, 0.29) is 30.1 Å². The van der Waals surface area contributed by atoms with Gasteiger partial charge in [-0.05, 0) is 55.7 Å². The molecule has 0 fully saturated rings. The quantitative estimate of drug-likeness (QED) is 0.461. The number of thiophene rings is 1. The maximum absolute atomic E-state index is 13.8. The molecule has 34 heavy (non-hydrogen) atoms. The lowest BCUT2D eigenvalue weighted by atomic mass is 9.76. The maximum atomic E-state index is 13.8. The van der Waals surface area contributed by atoms with Crippen LogP contribution in [0.5, 0.6) is 0 Å². The number of halogens is 3. The number of carbonyl (C=O) groups excluding carboxylic acids is 2. The number of nitriles is 1. The zero-order chi connectivity index (χ0) is 24.0. The number of ketones is 1. The third-order valence-corrected chi connectivity index (χ3v) is 8.31. The fraction of sp³-hybridized carbons (Fsp3) is 0.423. The first-order valence-corrected chi connectivity index (χ1v) is 12.4. The standard InChI is InChI=1S/C26H23F3N2O2S/c27-26(28,29)19-9-5-4-7-15(19)17-13-23(33)31(20-10-6-11-21(32)24(17)20)25-18(14-30)16-8-2-1-3-12-22(16)34-25/h4-5,7,9,17H,1-3,6,8,10-13H2/t17-/m1/s1. The van der Waals surface area contributed by atoms with E-state index in [2.05, 4.69) is 6.07 Å². The second-order valence-electron chi connectivity index (χ2n) is 9.06. The minimum Gasteiger partial charge on any atom is -0.294 e. The molecule has 2 aromatic rings. The van der Waals surface area contributed by atoms with Crippen LogP contribution in [0.15, 0.2) is 35.5 Å². The number of aryl methyl sites for hydroxylation is 1. The van der Waals surface area contributed by atoms with Crippen molar-refractivity contribution < 1.29 is 22.8 Å². The van der Waals surface area contributed by atoms with Crippen molar-refractivity contribution in [3.05, 3.63) is 62.7 Å². The molecule has 0 N–H and O–H groups in total. The number of carbonyl (C=O) groups is 2. The Morgan fingerprint density at radius 3 is 2.53 bits per heavy atom. The number of anilines is 1. The molecule has 4 nitrogen and oxygen atoms in total. The molecule has 2 aliphatic carbocycles. The van der Waals surface area contributed by atoms with Crippen LogP contribution in [0, 0.1) is 11.3 Å². The largest absolute Gasteiger partial charge is 0.416 e. The molecular weight excluding hydrogens is 461 g/mol. The second kappa shape index (κ2) is 8.70. The van der Waals surface area contributed by atoms with Crippen LogP contribution in [0.4, 0.5) is 18.2 Å². The summed E-state index contributed by atoms with van der Waals surface area (Å²) in [4.78, 5) is 29.3. The molecule has 1 atom stereocenters. The number of Topliss-reactive ketones (excluding diaryl/α,β-unsaturated/α-hetero) is 1. The molecule has 1 aromatic heterocycles. The summed E-state index contributed by atoms with van der Waals surface area (Å²) >= 11 is 1.43. The smallest absolute Gasteiger partial charge is 0.294 e. The Bertz CT molecular complexity index is 1250. The molecule has 0 bridgehead atoms. The first-order chi connectivity index (χ1) is 16.3. The van der Waals surface area contributed by atoms with Gasteiger partial charge in [-0.2, -0.15) is 18.4 Å². The molecule has 0 radical (unpaired) electrons. The van der Waals surface area contributed by atoms with E-state index in [0.717, 1.165) is 48.6 Å². The van der Waals surface area contributed by atoms with E-state index in [1.54, 1.807) is 0 Å². The number of allylic oxidation sites excluding steroid dienone is 2. The summed E-state index contributed by atoms with van der Waals surface area (Å²) in [6, 6.07) is 7.50. The number of hydrogen-bond donors (Lipinski definition) is 0. The Hall–Kier alpha value is -2.92. The van der Waals surface area contributed by atoms with Crippen LogP contribution >= 0.6 is 11.3 Å². The minimum absolute atomic E-state index is 0.0341. The maximum Gasteiger partial charge on any atom is 0.416 e. The van der Waals surface area contributed by atoms with Crippen molar-refractivity contribution in [3.63, 3.8) is 0 Å². The van der Waals surface area contributed by atoms with Crippen LogP contribution in [-0.4, -0.2) is 11.7 Å². The molecule has 176 valence electrons. The van der Waals surface area contributed by atoms with Crippen molar-refractivity contribution >= 4 is 28.0 Å². The monoisotopic (exact) mass is 484 g/mol. The lowest BCUT2D eigenvalue weighted by Crippen LogP contribution is -2.41. The second-order valence-corrected chi connectivity index (χ2v) is 10.1. The summed E-state index contributed by atoms with van der Waals surface area (Å²) in [7, 11) is 0. The zero-order valence-corrected chi connectivity index (χ0v) is 19.3.